The summed E-state index contributed by atoms with van der Waals surface area (Å²) in [6.07, 6.45) is 1.14. The Balaban J connectivity index is 2.16. The van der Waals surface area contributed by atoms with E-state index in [0.717, 1.165) is 26.2 Å². The standard InChI is InChI=1S/C18H30N2O/c1-14(2)11-15-5-7-16(8-6-15)17(12-19)20-9-10-21-13-18(20,3)4/h5-8,14,17H,9-13,19H2,1-4H3. The van der Waals surface area contributed by atoms with Gasteiger partial charge < -0.3 is 10.5 Å². The molecule has 2 rings (SSSR count). The molecule has 118 valence electrons. The number of rotatable bonds is 5. The third-order valence-electron chi connectivity index (χ3n) is 4.32. The number of morpholine rings is 1. The molecular weight excluding hydrogens is 260 g/mol. The highest BCUT2D eigenvalue weighted by Crippen LogP contribution is 2.30. The van der Waals surface area contributed by atoms with Gasteiger partial charge in [-0.25, -0.2) is 0 Å². The predicted molar refractivity (Wildman–Crippen MR) is 88.4 cm³/mol. The van der Waals surface area contributed by atoms with Gasteiger partial charge in [-0.3, -0.25) is 4.90 Å². The van der Waals surface area contributed by atoms with E-state index in [9.17, 15) is 0 Å². The molecule has 21 heavy (non-hydrogen) atoms. The molecular formula is C18H30N2O. The molecule has 1 unspecified atom stereocenters. The van der Waals surface area contributed by atoms with Gasteiger partial charge in [0.2, 0.25) is 0 Å². The average molecular weight is 290 g/mol. The maximum atomic E-state index is 6.09. The van der Waals surface area contributed by atoms with Crippen LogP contribution in [0, 0.1) is 5.92 Å². The van der Waals surface area contributed by atoms with Crippen molar-refractivity contribution in [3.63, 3.8) is 0 Å². The zero-order valence-corrected chi connectivity index (χ0v) is 13.9. The highest BCUT2D eigenvalue weighted by atomic mass is 16.5. The number of ether oxygens (including phenoxy) is 1. The van der Waals surface area contributed by atoms with Gasteiger partial charge in [0.1, 0.15) is 0 Å². The second-order valence-electron chi connectivity index (χ2n) is 7.15. The lowest BCUT2D eigenvalue weighted by Crippen LogP contribution is -2.55. The molecule has 1 aliphatic rings. The Morgan fingerprint density at radius 3 is 2.43 bits per heavy atom. The van der Waals surface area contributed by atoms with Crippen LogP contribution in [0.5, 0.6) is 0 Å². The van der Waals surface area contributed by atoms with E-state index in [2.05, 4.69) is 56.9 Å². The van der Waals surface area contributed by atoms with Gasteiger partial charge in [-0.1, -0.05) is 38.1 Å². The molecule has 0 spiro atoms. The molecule has 2 N–H and O–H groups in total. The van der Waals surface area contributed by atoms with Gasteiger partial charge in [-0.05, 0) is 37.3 Å². The van der Waals surface area contributed by atoms with Gasteiger partial charge in [0.15, 0.2) is 0 Å². The Hall–Kier alpha value is -0.900. The Morgan fingerprint density at radius 1 is 1.24 bits per heavy atom. The fourth-order valence-electron chi connectivity index (χ4n) is 3.24. The first-order valence-electron chi connectivity index (χ1n) is 8.07. The number of nitrogens with two attached hydrogens (primary N) is 1. The van der Waals surface area contributed by atoms with Crippen molar-refractivity contribution in [2.45, 2.75) is 45.7 Å². The van der Waals surface area contributed by atoms with Crippen LogP contribution in [0.25, 0.3) is 0 Å². The summed E-state index contributed by atoms with van der Waals surface area (Å²) in [5.41, 5.74) is 8.86. The van der Waals surface area contributed by atoms with E-state index in [0.29, 0.717) is 12.5 Å². The summed E-state index contributed by atoms with van der Waals surface area (Å²) < 4.78 is 5.63. The lowest BCUT2D eigenvalue weighted by atomic mass is 9.94. The molecule has 1 aromatic carbocycles. The van der Waals surface area contributed by atoms with Crippen molar-refractivity contribution in [1.29, 1.82) is 0 Å². The molecule has 1 saturated heterocycles. The maximum absolute atomic E-state index is 6.09. The number of nitrogens with zero attached hydrogens (tertiary/aromatic N) is 1. The van der Waals surface area contributed by atoms with Crippen LogP contribution in [0.3, 0.4) is 0 Å². The van der Waals surface area contributed by atoms with Crippen LogP contribution in [0.15, 0.2) is 24.3 Å². The van der Waals surface area contributed by atoms with E-state index < -0.39 is 0 Å². The molecule has 0 saturated carbocycles. The first-order valence-corrected chi connectivity index (χ1v) is 8.07. The quantitative estimate of drug-likeness (QED) is 0.906. The lowest BCUT2D eigenvalue weighted by Gasteiger charge is -2.46. The summed E-state index contributed by atoms with van der Waals surface area (Å²) in [7, 11) is 0. The van der Waals surface area contributed by atoms with E-state index >= 15 is 0 Å². The van der Waals surface area contributed by atoms with Gasteiger partial charge in [0.05, 0.1) is 13.2 Å². The minimum absolute atomic E-state index is 0.0406. The van der Waals surface area contributed by atoms with Gasteiger partial charge in [-0.2, -0.15) is 0 Å². The van der Waals surface area contributed by atoms with Crippen molar-refractivity contribution in [2.24, 2.45) is 11.7 Å². The van der Waals surface area contributed by atoms with E-state index in [1.54, 1.807) is 0 Å². The molecule has 1 atom stereocenters. The zero-order chi connectivity index (χ0) is 15.5. The van der Waals surface area contributed by atoms with Gasteiger partial charge in [0, 0.05) is 24.7 Å². The average Bonchev–Trinajstić information content (AvgIpc) is 2.42. The van der Waals surface area contributed by atoms with Crippen LogP contribution in [-0.4, -0.2) is 36.7 Å². The minimum atomic E-state index is 0.0406. The summed E-state index contributed by atoms with van der Waals surface area (Å²) in [5.74, 6) is 0.694. The van der Waals surface area contributed by atoms with Crippen LogP contribution in [-0.2, 0) is 11.2 Å². The van der Waals surface area contributed by atoms with Gasteiger partial charge in [0.25, 0.3) is 0 Å². The van der Waals surface area contributed by atoms with E-state index in [-0.39, 0.29) is 11.6 Å². The molecule has 0 radical (unpaired) electrons. The van der Waals surface area contributed by atoms with Gasteiger partial charge in [-0.15, -0.1) is 0 Å². The summed E-state index contributed by atoms with van der Waals surface area (Å²) in [6, 6.07) is 9.29. The smallest absolute Gasteiger partial charge is 0.0645 e. The second kappa shape index (κ2) is 6.91. The maximum Gasteiger partial charge on any atom is 0.0645 e. The Morgan fingerprint density at radius 2 is 1.90 bits per heavy atom. The number of benzene rings is 1. The van der Waals surface area contributed by atoms with Crippen molar-refractivity contribution in [3.05, 3.63) is 35.4 Å². The van der Waals surface area contributed by atoms with Crippen molar-refractivity contribution in [3.8, 4) is 0 Å². The second-order valence-corrected chi connectivity index (χ2v) is 7.15. The van der Waals surface area contributed by atoms with E-state index in [4.69, 9.17) is 10.5 Å². The lowest BCUT2D eigenvalue weighted by molar-refractivity contribution is -0.0712. The van der Waals surface area contributed by atoms with Crippen LogP contribution in [0.4, 0.5) is 0 Å². The van der Waals surface area contributed by atoms with Crippen LogP contribution < -0.4 is 5.73 Å². The Bertz CT molecular complexity index is 439. The summed E-state index contributed by atoms with van der Waals surface area (Å²) in [5, 5.41) is 0. The molecule has 3 nitrogen and oxygen atoms in total. The Kier molecular flexibility index (Phi) is 5.42. The van der Waals surface area contributed by atoms with Crippen LogP contribution in [0.1, 0.15) is 44.9 Å². The molecule has 0 amide bonds. The number of hydrogen-bond acceptors (Lipinski definition) is 3. The van der Waals surface area contributed by atoms with Crippen LogP contribution >= 0.6 is 0 Å². The molecule has 1 fully saturated rings. The fourth-order valence-corrected chi connectivity index (χ4v) is 3.24. The van der Waals surface area contributed by atoms with Crippen molar-refractivity contribution >= 4 is 0 Å². The summed E-state index contributed by atoms with van der Waals surface area (Å²) in [6.45, 7) is 12.2. The minimum Gasteiger partial charge on any atom is -0.378 e. The van der Waals surface area contributed by atoms with E-state index in [1.165, 1.54) is 11.1 Å². The fraction of sp³-hybridized carbons (Fsp3) is 0.667. The molecule has 1 aliphatic heterocycles. The van der Waals surface area contributed by atoms with Crippen molar-refractivity contribution in [2.75, 3.05) is 26.3 Å². The molecule has 1 heterocycles. The summed E-state index contributed by atoms with van der Waals surface area (Å²) >= 11 is 0. The largest absolute Gasteiger partial charge is 0.378 e. The predicted octanol–water partition coefficient (Wildman–Crippen LogP) is 3.00. The molecule has 3 heteroatoms. The van der Waals surface area contributed by atoms with E-state index in [1.807, 2.05) is 0 Å². The molecule has 0 aliphatic carbocycles. The highest BCUT2D eigenvalue weighted by Gasteiger charge is 2.35. The first kappa shape index (κ1) is 16.5. The zero-order valence-electron chi connectivity index (χ0n) is 13.9. The Labute approximate surface area is 129 Å². The van der Waals surface area contributed by atoms with Crippen molar-refractivity contribution in [1.82, 2.24) is 4.90 Å². The molecule has 1 aromatic rings. The van der Waals surface area contributed by atoms with Gasteiger partial charge >= 0.3 is 0 Å². The first-order chi connectivity index (χ1) is 9.94. The SMILES string of the molecule is CC(C)Cc1ccc(C(CN)N2CCOCC2(C)C)cc1. The summed E-state index contributed by atoms with van der Waals surface area (Å²) in [4.78, 5) is 2.49. The third kappa shape index (κ3) is 4.06. The topological polar surface area (TPSA) is 38.5 Å². The third-order valence-corrected chi connectivity index (χ3v) is 4.32. The molecule has 0 aromatic heterocycles. The monoisotopic (exact) mass is 290 g/mol. The highest BCUT2D eigenvalue weighted by molar-refractivity contribution is 5.26. The molecule has 0 bridgehead atoms. The number of hydrogen-bond donors (Lipinski definition) is 1. The van der Waals surface area contributed by atoms with Crippen molar-refractivity contribution < 1.29 is 4.74 Å². The normalized spacial score (nSPS) is 20.7. The van der Waals surface area contributed by atoms with Crippen LogP contribution in [0.2, 0.25) is 0 Å².